The van der Waals surface area contributed by atoms with Gasteiger partial charge in [0.1, 0.15) is 11.6 Å². The Hall–Kier alpha value is -2.63. The predicted octanol–water partition coefficient (Wildman–Crippen LogP) is 2.95. The Labute approximate surface area is 129 Å². The molecule has 0 saturated heterocycles. The maximum atomic E-state index is 12.8. The van der Waals surface area contributed by atoms with E-state index in [9.17, 15) is 9.18 Å². The third-order valence-corrected chi connectivity index (χ3v) is 3.16. The molecule has 5 nitrogen and oxygen atoms in total. The predicted molar refractivity (Wildman–Crippen MR) is 85.4 cm³/mol. The molecule has 0 aliphatic heterocycles. The molecule has 6 heteroatoms. The van der Waals surface area contributed by atoms with Gasteiger partial charge in [-0.25, -0.2) is 14.2 Å². The third-order valence-electron chi connectivity index (χ3n) is 3.16. The van der Waals surface area contributed by atoms with E-state index in [4.69, 9.17) is 0 Å². The summed E-state index contributed by atoms with van der Waals surface area (Å²) >= 11 is 0. The second-order valence-electron chi connectivity index (χ2n) is 5.21. The topological polar surface area (TPSA) is 48.5 Å². The largest absolute Gasteiger partial charge is 0.378 e. The Kier molecular flexibility index (Phi) is 4.93. The molecule has 1 aromatic heterocycles. The molecule has 1 N–H and O–H groups in total. The van der Waals surface area contributed by atoms with E-state index in [1.165, 1.54) is 12.1 Å². The lowest BCUT2D eigenvalue weighted by molar-refractivity contribution is 0.220. The van der Waals surface area contributed by atoms with Crippen LogP contribution in [0.4, 0.5) is 20.7 Å². The standard InChI is InChI=1S/C16H19FN4O/c1-20(2)14-6-4-5-12(9-14)11-21(3)16(22)19-15-8-7-13(17)10-18-15/h4-10H,11H2,1-3H3,(H,18,19,22). The van der Waals surface area contributed by atoms with E-state index in [0.29, 0.717) is 12.4 Å². The van der Waals surface area contributed by atoms with Crippen molar-refractivity contribution in [2.24, 2.45) is 0 Å². The van der Waals surface area contributed by atoms with E-state index in [1.807, 2.05) is 43.3 Å². The fourth-order valence-electron chi connectivity index (χ4n) is 1.93. The van der Waals surface area contributed by atoms with Crippen molar-refractivity contribution in [3.63, 3.8) is 0 Å². The Bertz CT molecular complexity index is 643. The lowest BCUT2D eigenvalue weighted by atomic mass is 10.2. The highest BCUT2D eigenvalue weighted by atomic mass is 19.1. The summed E-state index contributed by atoms with van der Waals surface area (Å²) in [5.41, 5.74) is 2.10. The van der Waals surface area contributed by atoms with Crippen molar-refractivity contribution >= 4 is 17.5 Å². The maximum Gasteiger partial charge on any atom is 0.323 e. The van der Waals surface area contributed by atoms with Crippen molar-refractivity contribution in [3.8, 4) is 0 Å². The number of carbonyl (C=O) groups is 1. The summed E-state index contributed by atoms with van der Waals surface area (Å²) in [6.07, 6.45) is 1.07. The van der Waals surface area contributed by atoms with Gasteiger partial charge in [0, 0.05) is 33.4 Å². The number of amides is 2. The Morgan fingerprint density at radius 3 is 2.64 bits per heavy atom. The molecule has 2 rings (SSSR count). The van der Waals surface area contributed by atoms with Gasteiger partial charge in [0.15, 0.2) is 0 Å². The van der Waals surface area contributed by atoms with Crippen molar-refractivity contribution in [2.45, 2.75) is 6.54 Å². The highest BCUT2D eigenvalue weighted by Crippen LogP contribution is 2.15. The molecule has 2 aromatic rings. The zero-order valence-corrected chi connectivity index (χ0v) is 12.9. The van der Waals surface area contributed by atoms with Gasteiger partial charge in [-0.1, -0.05) is 12.1 Å². The van der Waals surface area contributed by atoms with Gasteiger partial charge in [-0.3, -0.25) is 5.32 Å². The number of hydrogen-bond donors (Lipinski definition) is 1. The SMILES string of the molecule is CN(Cc1cccc(N(C)C)c1)C(=O)Nc1ccc(F)cn1. The van der Waals surface area contributed by atoms with Gasteiger partial charge in [-0.2, -0.15) is 0 Å². The fraction of sp³-hybridized carbons (Fsp3) is 0.250. The Morgan fingerprint density at radius 2 is 2.00 bits per heavy atom. The van der Waals surface area contributed by atoms with Crippen molar-refractivity contribution in [1.82, 2.24) is 9.88 Å². The zero-order valence-electron chi connectivity index (χ0n) is 12.9. The molecule has 1 heterocycles. The Balaban J connectivity index is 1.99. The first-order chi connectivity index (χ1) is 10.5. The molecule has 2 amide bonds. The second kappa shape index (κ2) is 6.89. The molecular formula is C16H19FN4O. The summed E-state index contributed by atoms with van der Waals surface area (Å²) in [5.74, 6) is -0.118. The van der Waals surface area contributed by atoms with Crippen LogP contribution in [0.2, 0.25) is 0 Å². The zero-order chi connectivity index (χ0) is 16.1. The number of nitrogens with zero attached hydrogens (tertiary/aromatic N) is 3. The van der Waals surface area contributed by atoms with Crippen molar-refractivity contribution in [1.29, 1.82) is 0 Å². The smallest absolute Gasteiger partial charge is 0.323 e. The van der Waals surface area contributed by atoms with Crippen LogP contribution in [0.3, 0.4) is 0 Å². The van der Waals surface area contributed by atoms with Crippen LogP contribution in [0, 0.1) is 5.82 Å². The monoisotopic (exact) mass is 302 g/mol. The number of pyridine rings is 1. The summed E-state index contributed by atoms with van der Waals surface area (Å²) in [6, 6.07) is 10.3. The molecule has 0 aliphatic carbocycles. The van der Waals surface area contributed by atoms with Crippen LogP contribution in [0.15, 0.2) is 42.6 Å². The van der Waals surface area contributed by atoms with E-state index < -0.39 is 5.82 Å². The van der Waals surface area contributed by atoms with Gasteiger partial charge in [0.25, 0.3) is 0 Å². The summed E-state index contributed by atoms with van der Waals surface area (Å²) in [5, 5.41) is 2.63. The number of urea groups is 1. The molecule has 0 bridgehead atoms. The average molecular weight is 302 g/mol. The van der Waals surface area contributed by atoms with Crippen LogP contribution in [0.1, 0.15) is 5.56 Å². The molecule has 1 aromatic carbocycles. The first kappa shape index (κ1) is 15.8. The van der Waals surface area contributed by atoms with Gasteiger partial charge < -0.3 is 9.80 Å². The van der Waals surface area contributed by atoms with Gasteiger partial charge >= 0.3 is 6.03 Å². The van der Waals surface area contributed by atoms with E-state index in [1.54, 1.807) is 11.9 Å². The molecule has 0 fully saturated rings. The molecule has 0 aliphatic rings. The number of carbonyl (C=O) groups excluding carboxylic acids is 1. The normalized spacial score (nSPS) is 10.2. The van der Waals surface area contributed by atoms with Crippen LogP contribution in [0.25, 0.3) is 0 Å². The first-order valence-corrected chi connectivity index (χ1v) is 6.85. The maximum absolute atomic E-state index is 12.8. The van der Waals surface area contributed by atoms with E-state index in [0.717, 1.165) is 17.4 Å². The number of halogens is 1. The minimum atomic E-state index is -0.438. The molecule has 0 spiro atoms. The fourth-order valence-corrected chi connectivity index (χ4v) is 1.93. The third kappa shape index (κ3) is 4.18. The van der Waals surface area contributed by atoms with Gasteiger partial charge in [-0.15, -0.1) is 0 Å². The highest BCUT2D eigenvalue weighted by Gasteiger charge is 2.10. The lowest BCUT2D eigenvalue weighted by Crippen LogP contribution is -2.31. The summed E-state index contributed by atoms with van der Waals surface area (Å²) in [6.45, 7) is 0.467. The number of nitrogens with one attached hydrogen (secondary N) is 1. The number of anilines is 2. The van der Waals surface area contributed by atoms with Gasteiger partial charge in [0.05, 0.1) is 6.20 Å². The van der Waals surface area contributed by atoms with Crippen molar-refractivity contribution < 1.29 is 9.18 Å². The molecule has 0 saturated carbocycles. The first-order valence-electron chi connectivity index (χ1n) is 6.85. The average Bonchev–Trinajstić information content (AvgIpc) is 2.49. The molecular weight excluding hydrogens is 283 g/mol. The van der Waals surface area contributed by atoms with Crippen LogP contribution in [-0.2, 0) is 6.54 Å². The molecule has 22 heavy (non-hydrogen) atoms. The molecule has 0 atom stereocenters. The second-order valence-corrected chi connectivity index (χ2v) is 5.21. The quantitative estimate of drug-likeness (QED) is 0.944. The summed E-state index contributed by atoms with van der Waals surface area (Å²) in [7, 11) is 5.63. The number of aromatic nitrogens is 1. The van der Waals surface area contributed by atoms with E-state index >= 15 is 0 Å². The molecule has 0 unspecified atom stereocenters. The number of rotatable bonds is 4. The minimum Gasteiger partial charge on any atom is -0.378 e. The number of benzene rings is 1. The lowest BCUT2D eigenvalue weighted by Gasteiger charge is -2.19. The van der Waals surface area contributed by atoms with E-state index in [-0.39, 0.29) is 6.03 Å². The summed E-state index contributed by atoms with van der Waals surface area (Å²) in [4.78, 5) is 19.4. The van der Waals surface area contributed by atoms with Crippen LogP contribution in [-0.4, -0.2) is 37.1 Å². The minimum absolute atomic E-state index is 0.297. The van der Waals surface area contributed by atoms with Crippen LogP contribution >= 0.6 is 0 Å². The van der Waals surface area contributed by atoms with Crippen molar-refractivity contribution in [2.75, 3.05) is 31.4 Å². The highest BCUT2D eigenvalue weighted by molar-refractivity contribution is 5.88. The molecule has 116 valence electrons. The van der Waals surface area contributed by atoms with Gasteiger partial charge in [-0.05, 0) is 29.8 Å². The van der Waals surface area contributed by atoms with Crippen molar-refractivity contribution in [3.05, 3.63) is 54.0 Å². The van der Waals surface area contributed by atoms with Gasteiger partial charge in [0.2, 0.25) is 0 Å². The van der Waals surface area contributed by atoms with Crippen LogP contribution in [0.5, 0.6) is 0 Å². The summed E-state index contributed by atoms with van der Waals surface area (Å²) < 4.78 is 12.8. The van der Waals surface area contributed by atoms with Crippen LogP contribution < -0.4 is 10.2 Å². The Morgan fingerprint density at radius 1 is 1.23 bits per heavy atom. The molecule has 0 radical (unpaired) electrons. The number of hydrogen-bond acceptors (Lipinski definition) is 3. The van der Waals surface area contributed by atoms with E-state index in [2.05, 4.69) is 10.3 Å².